The lowest BCUT2D eigenvalue weighted by molar-refractivity contribution is -0.129. The van der Waals surface area contributed by atoms with Gasteiger partial charge in [-0.2, -0.15) is 0 Å². The van der Waals surface area contributed by atoms with Crippen LogP contribution in [0.5, 0.6) is 5.75 Å². The molecular formula is C16H22N2O3. The van der Waals surface area contributed by atoms with Crippen molar-refractivity contribution in [3.05, 3.63) is 29.8 Å². The van der Waals surface area contributed by atoms with Gasteiger partial charge in [-0.3, -0.25) is 9.59 Å². The van der Waals surface area contributed by atoms with Crippen molar-refractivity contribution in [1.29, 1.82) is 0 Å². The van der Waals surface area contributed by atoms with Crippen molar-refractivity contribution in [3.63, 3.8) is 0 Å². The molecule has 1 heterocycles. The average molecular weight is 290 g/mol. The van der Waals surface area contributed by atoms with Crippen LogP contribution in [-0.4, -0.2) is 31.0 Å². The predicted molar refractivity (Wildman–Crippen MR) is 80.1 cm³/mol. The normalized spacial score (nSPS) is 18.5. The van der Waals surface area contributed by atoms with Crippen molar-refractivity contribution in [2.45, 2.75) is 38.6 Å². The van der Waals surface area contributed by atoms with Gasteiger partial charge in [-0.25, -0.2) is 0 Å². The van der Waals surface area contributed by atoms with E-state index in [1.54, 1.807) is 0 Å². The molecule has 1 aliphatic heterocycles. The number of aryl methyl sites for hydroxylation is 1. The summed E-state index contributed by atoms with van der Waals surface area (Å²) in [5.74, 6) is 0.359. The number of benzene rings is 1. The van der Waals surface area contributed by atoms with Crippen LogP contribution in [0.1, 0.15) is 31.7 Å². The highest BCUT2D eigenvalue weighted by Gasteiger charge is 2.22. The summed E-state index contributed by atoms with van der Waals surface area (Å²) in [6.07, 6.45) is 3.42. The quantitative estimate of drug-likeness (QED) is 0.861. The van der Waals surface area contributed by atoms with Gasteiger partial charge in [0.05, 0.1) is 0 Å². The van der Waals surface area contributed by atoms with Gasteiger partial charge in [0.15, 0.2) is 6.61 Å². The minimum Gasteiger partial charge on any atom is -0.483 e. The molecule has 0 radical (unpaired) electrons. The Labute approximate surface area is 125 Å². The number of rotatable bonds is 5. The molecule has 2 N–H and O–H groups in total. The molecule has 5 nitrogen and oxygen atoms in total. The highest BCUT2D eigenvalue weighted by atomic mass is 16.5. The van der Waals surface area contributed by atoms with E-state index in [0.717, 1.165) is 30.6 Å². The van der Waals surface area contributed by atoms with Crippen molar-refractivity contribution in [1.82, 2.24) is 10.6 Å². The topological polar surface area (TPSA) is 67.4 Å². The van der Waals surface area contributed by atoms with Gasteiger partial charge in [0.25, 0.3) is 5.91 Å². The predicted octanol–water partition coefficient (Wildman–Crippen LogP) is 1.41. The second-order valence-electron chi connectivity index (χ2n) is 5.16. The highest BCUT2D eigenvalue weighted by Crippen LogP contribution is 2.18. The van der Waals surface area contributed by atoms with Crippen LogP contribution in [0.2, 0.25) is 0 Å². The van der Waals surface area contributed by atoms with Gasteiger partial charge in [-0.15, -0.1) is 0 Å². The van der Waals surface area contributed by atoms with E-state index in [1.165, 1.54) is 0 Å². The van der Waals surface area contributed by atoms with Crippen molar-refractivity contribution in [3.8, 4) is 5.75 Å². The van der Waals surface area contributed by atoms with E-state index in [0.29, 0.717) is 13.0 Å². The van der Waals surface area contributed by atoms with Crippen LogP contribution < -0.4 is 15.4 Å². The molecular weight excluding hydrogens is 268 g/mol. The molecule has 1 saturated heterocycles. The summed E-state index contributed by atoms with van der Waals surface area (Å²) >= 11 is 0. The first-order valence-electron chi connectivity index (χ1n) is 7.48. The number of hydrogen-bond donors (Lipinski definition) is 2. The molecule has 0 saturated carbocycles. The van der Waals surface area contributed by atoms with Crippen molar-refractivity contribution >= 4 is 11.8 Å². The van der Waals surface area contributed by atoms with E-state index >= 15 is 0 Å². The summed E-state index contributed by atoms with van der Waals surface area (Å²) in [7, 11) is 0. The minimum atomic E-state index is -0.440. The van der Waals surface area contributed by atoms with Gasteiger partial charge in [-0.1, -0.05) is 25.1 Å². The van der Waals surface area contributed by atoms with Crippen molar-refractivity contribution in [2.24, 2.45) is 0 Å². The lowest BCUT2D eigenvalue weighted by Crippen LogP contribution is -2.46. The Kier molecular flexibility index (Phi) is 5.60. The fourth-order valence-corrected chi connectivity index (χ4v) is 2.39. The van der Waals surface area contributed by atoms with Crippen molar-refractivity contribution < 1.29 is 14.3 Å². The molecule has 2 amide bonds. The molecule has 1 fully saturated rings. The second kappa shape index (κ2) is 7.67. The number of hydrogen-bond acceptors (Lipinski definition) is 3. The molecule has 0 spiro atoms. The minimum absolute atomic E-state index is 0.0687. The van der Waals surface area contributed by atoms with Gasteiger partial charge in [-0.05, 0) is 37.3 Å². The zero-order valence-electron chi connectivity index (χ0n) is 12.4. The molecule has 5 heteroatoms. The van der Waals surface area contributed by atoms with Crippen LogP contribution in [0.25, 0.3) is 0 Å². The standard InChI is InChI=1S/C16H22N2O3/c1-2-12-7-3-4-9-14(12)21-11-15(19)18-13-8-5-6-10-17-16(13)20/h3-4,7,9,13H,2,5-6,8,10-11H2,1H3,(H,17,20)(H,18,19)/t13-/m0/s1. The lowest BCUT2D eigenvalue weighted by atomic mass is 10.1. The Morgan fingerprint density at radius 2 is 2.19 bits per heavy atom. The summed E-state index contributed by atoms with van der Waals surface area (Å²) < 4.78 is 5.55. The van der Waals surface area contributed by atoms with Crippen LogP contribution in [0.3, 0.4) is 0 Å². The Morgan fingerprint density at radius 1 is 1.38 bits per heavy atom. The second-order valence-corrected chi connectivity index (χ2v) is 5.16. The summed E-state index contributed by atoms with van der Waals surface area (Å²) in [5.41, 5.74) is 1.07. The van der Waals surface area contributed by atoms with Crippen LogP contribution in [0.4, 0.5) is 0 Å². The van der Waals surface area contributed by atoms with Gasteiger partial charge in [0.1, 0.15) is 11.8 Å². The highest BCUT2D eigenvalue weighted by molar-refractivity contribution is 5.88. The molecule has 0 aromatic heterocycles. The third kappa shape index (κ3) is 4.48. The maximum atomic E-state index is 11.9. The maximum absolute atomic E-state index is 11.9. The SMILES string of the molecule is CCc1ccccc1OCC(=O)N[C@H]1CCCCNC1=O. The summed E-state index contributed by atoms with van der Waals surface area (Å²) in [6.45, 7) is 2.66. The Morgan fingerprint density at radius 3 is 3.00 bits per heavy atom. The first kappa shape index (κ1) is 15.4. The van der Waals surface area contributed by atoms with Gasteiger partial charge >= 0.3 is 0 Å². The van der Waals surface area contributed by atoms with E-state index in [-0.39, 0.29) is 18.4 Å². The third-order valence-corrected chi connectivity index (χ3v) is 3.58. The van der Waals surface area contributed by atoms with Crippen LogP contribution in [0.15, 0.2) is 24.3 Å². The number of nitrogens with one attached hydrogen (secondary N) is 2. The zero-order valence-corrected chi connectivity index (χ0v) is 12.4. The zero-order chi connectivity index (χ0) is 15.1. The first-order valence-corrected chi connectivity index (χ1v) is 7.48. The average Bonchev–Trinajstić information content (AvgIpc) is 2.70. The molecule has 1 aromatic carbocycles. The van der Waals surface area contributed by atoms with Crippen LogP contribution in [0, 0.1) is 0 Å². The fraction of sp³-hybridized carbons (Fsp3) is 0.500. The molecule has 0 unspecified atom stereocenters. The van der Waals surface area contributed by atoms with Crippen LogP contribution >= 0.6 is 0 Å². The molecule has 1 atom stereocenters. The Hall–Kier alpha value is -2.04. The first-order chi connectivity index (χ1) is 10.2. The van der Waals surface area contributed by atoms with E-state index in [4.69, 9.17) is 4.74 Å². The molecule has 1 aromatic rings. The Bertz CT molecular complexity index is 502. The molecule has 0 aliphatic carbocycles. The summed E-state index contributed by atoms with van der Waals surface area (Å²) in [5, 5.41) is 5.54. The largest absolute Gasteiger partial charge is 0.483 e. The number of amides is 2. The smallest absolute Gasteiger partial charge is 0.258 e. The number of para-hydroxylation sites is 1. The van der Waals surface area contributed by atoms with E-state index in [9.17, 15) is 9.59 Å². The van der Waals surface area contributed by atoms with E-state index in [2.05, 4.69) is 10.6 Å². The summed E-state index contributed by atoms with van der Waals surface area (Å²) in [4.78, 5) is 23.7. The molecule has 1 aliphatic rings. The lowest BCUT2D eigenvalue weighted by Gasteiger charge is -2.16. The number of carbonyl (C=O) groups is 2. The van der Waals surface area contributed by atoms with E-state index < -0.39 is 6.04 Å². The molecule has 114 valence electrons. The van der Waals surface area contributed by atoms with Gasteiger partial charge in [0.2, 0.25) is 5.91 Å². The monoisotopic (exact) mass is 290 g/mol. The van der Waals surface area contributed by atoms with Gasteiger partial charge in [0, 0.05) is 6.54 Å². The molecule has 2 rings (SSSR count). The van der Waals surface area contributed by atoms with Gasteiger partial charge < -0.3 is 15.4 Å². The number of carbonyl (C=O) groups excluding carboxylic acids is 2. The molecule has 0 bridgehead atoms. The Balaban J connectivity index is 1.85. The third-order valence-electron chi connectivity index (χ3n) is 3.58. The summed E-state index contributed by atoms with van der Waals surface area (Å²) in [6, 6.07) is 7.22. The molecule has 21 heavy (non-hydrogen) atoms. The van der Waals surface area contributed by atoms with Crippen molar-refractivity contribution in [2.75, 3.05) is 13.2 Å². The maximum Gasteiger partial charge on any atom is 0.258 e. The van der Waals surface area contributed by atoms with Crippen LogP contribution in [-0.2, 0) is 16.0 Å². The number of ether oxygens (including phenoxy) is 1. The van der Waals surface area contributed by atoms with E-state index in [1.807, 2.05) is 31.2 Å². The fourth-order valence-electron chi connectivity index (χ4n) is 2.39.